The fourth-order valence-electron chi connectivity index (χ4n) is 2.26. The van der Waals surface area contributed by atoms with Gasteiger partial charge < -0.3 is 5.11 Å². The number of carbonyl (C=O) groups is 1. The fourth-order valence-corrected chi connectivity index (χ4v) is 3.26. The first-order valence-corrected chi connectivity index (χ1v) is 7.37. The van der Waals surface area contributed by atoms with Crippen LogP contribution in [0.15, 0.2) is 36.4 Å². The third kappa shape index (κ3) is 2.96. The number of rotatable bonds is 4. The SMILES string of the molecule is O=C(O)Cc1cccc(Cc2nc3c(F)c(F)ccc3s2)c1. The zero-order valence-electron chi connectivity index (χ0n) is 11.3. The first-order chi connectivity index (χ1) is 10.5. The largest absolute Gasteiger partial charge is 0.481 e. The van der Waals surface area contributed by atoms with E-state index in [1.807, 2.05) is 6.07 Å². The molecule has 22 heavy (non-hydrogen) atoms. The van der Waals surface area contributed by atoms with Gasteiger partial charge in [-0.3, -0.25) is 4.79 Å². The summed E-state index contributed by atoms with van der Waals surface area (Å²) in [6, 6.07) is 9.76. The zero-order valence-corrected chi connectivity index (χ0v) is 12.2. The number of carboxylic acids is 1. The molecule has 0 fully saturated rings. The van der Waals surface area contributed by atoms with Crippen LogP contribution in [0.25, 0.3) is 10.2 Å². The molecule has 2 aromatic carbocycles. The van der Waals surface area contributed by atoms with Crippen molar-refractivity contribution in [2.45, 2.75) is 12.8 Å². The molecule has 112 valence electrons. The van der Waals surface area contributed by atoms with E-state index in [0.29, 0.717) is 21.7 Å². The molecule has 0 aliphatic carbocycles. The van der Waals surface area contributed by atoms with Crippen LogP contribution >= 0.6 is 11.3 Å². The summed E-state index contributed by atoms with van der Waals surface area (Å²) >= 11 is 1.30. The molecule has 1 aromatic heterocycles. The molecular weight excluding hydrogens is 308 g/mol. The summed E-state index contributed by atoms with van der Waals surface area (Å²) in [5.74, 6) is -2.73. The van der Waals surface area contributed by atoms with Gasteiger partial charge in [0.05, 0.1) is 16.1 Å². The van der Waals surface area contributed by atoms with Gasteiger partial charge in [0.25, 0.3) is 0 Å². The second kappa shape index (κ2) is 5.81. The molecule has 6 heteroatoms. The van der Waals surface area contributed by atoms with Crippen molar-refractivity contribution < 1.29 is 18.7 Å². The summed E-state index contributed by atoms with van der Waals surface area (Å²) in [4.78, 5) is 14.9. The number of benzene rings is 2. The Hall–Kier alpha value is -2.34. The van der Waals surface area contributed by atoms with Crippen molar-refractivity contribution in [1.82, 2.24) is 4.98 Å². The number of hydrogen-bond acceptors (Lipinski definition) is 3. The molecular formula is C16H11F2NO2S. The van der Waals surface area contributed by atoms with E-state index >= 15 is 0 Å². The Bertz CT molecular complexity index is 860. The van der Waals surface area contributed by atoms with E-state index in [1.165, 1.54) is 17.4 Å². The minimum atomic E-state index is -0.931. The smallest absolute Gasteiger partial charge is 0.307 e. The van der Waals surface area contributed by atoms with Gasteiger partial charge in [-0.05, 0) is 23.3 Å². The van der Waals surface area contributed by atoms with Gasteiger partial charge in [-0.1, -0.05) is 24.3 Å². The number of aliphatic carboxylic acids is 1. The lowest BCUT2D eigenvalue weighted by Gasteiger charge is -2.01. The Labute approximate surface area is 128 Å². The molecule has 0 aliphatic heterocycles. The quantitative estimate of drug-likeness (QED) is 0.796. The monoisotopic (exact) mass is 319 g/mol. The van der Waals surface area contributed by atoms with E-state index in [9.17, 15) is 13.6 Å². The van der Waals surface area contributed by atoms with Gasteiger partial charge in [0, 0.05) is 6.42 Å². The van der Waals surface area contributed by atoms with Gasteiger partial charge in [-0.2, -0.15) is 0 Å². The molecule has 1 N–H and O–H groups in total. The van der Waals surface area contributed by atoms with Crippen LogP contribution in [0.5, 0.6) is 0 Å². The van der Waals surface area contributed by atoms with Crippen molar-refractivity contribution in [3.8, 4) is 0 Å². The Morgan fingerprint density at radius 1 is 1.18 bits per heavy atom. The lowest BCUT2D eigenvalue weighted by atomic mass is 10.1. The highest BCUT2D eigenvalue weighted by molar-refractivity contribution is 7.18. The van der Waals surface area contributed by atoms with Crippen LogP contribution in [0.2, 0.25) is 0 Å². The number of nitrogens with zero attached hydrogens (tertiary/aromatic N) is 1. The van der Waals surface area contributed by atoms with Gasteiger partial charge in [-0.15, -0.1) is 11.3 Å². The summed E-state index contributed by atoms with van der Waals surface area (Å²) in [5.41, 5.74) is 1.63. The summed E-state index contributed by atoms with van der Waals surface area (Å²) in [6.07, 6.45) is 0.404. The van der Waals surface area contributed by atoms with Gasteiger partial charge in [0.1, 0.15) is 5.52 Å². The van der Waals surface area contributed by atoms with Crippen LogP contribution in [0.3, 0.4) is 0 Å². The van der Waals surface area contributed by atoms with E-state index in [-0.39, 0.29) is 11.9 Å². The van der Waals surface area contributed by atoms with Crippen LogP contribution < -0.4 is 0 Å². The standard InChI is InChI=1S/C16H11F2NO2S/c17-11-4-5-12-16(15(11)18)19-13(22-12)7-9-2-1-3-10(6-9)8-14(20)21/h1-6H,7-8H2,(H,20,21). The average molecular weight is 319 g/mol. The first-order valence-electron chi connectivity index (χ1n) is 6.56. The van der Waals surface area contributed by atoms with Crippen LogP contribution in [-0.2, 0) is 17.6 Å². The van der Waals surface area contributed by atoms with Gasteiger partial charge >= 0.3 is 5.97 Å². The highest BCUT2D eigenvalue weighted by atomic mass is 32.1. The van der Waals surface area contributed by atoms with Crippen LogP contribution in [0, 0.1) is 11.6 Å². The molecule has 0 radical (unpaired) electrons. The molecule has 0 saturated heterocycles. The highest BCUT2D eigenvalue weighted by Gasteiger charge is 2.13. The molecule has 3 nitrogen and oxygen atoms in total. The predicted octanol–water partition coefficient (Wildman–Crippen LogP) is 3.79. The van der Waals surface area contributed by atoms with Crippen molar-refractivity contribution in [3.05, 3.63) is 64.2 Å². The topological polar surface area (TPSA) is 50.2 Å². The van der Waals surface area contributed by atoms with Gasteiger partial charge in [-0.25, -0.2) is 13.8 Å². The lowest BCUT2D eigenvalue weighted by molar-refractivity contribution is -0.136. The summed E-state index contributed by atoms with van der Waals surface area (Å²) in [6.45, 7) is 0. The van der Waals surface area contributed by atoms with E-state index in [2.05, 4.69) is 4.98 Å². The molecule has 3 aromatic rings. The Balaban J connectivity index is 1.90. The van der Waals surface area contributed by atoms with E-state index in [1.54, 1.807) is 18.2 Å². The Kier molecular flexibility index (Phi) is 3.85. The zero-order chi connectivity index (χ0) is 15.7. The van der Waals surface area contributed by atoms with Crippen molar-refractivity contribution in [2.24, 2.45) is 0 Å². The summed E-state index contributed by atoms with van der Waals surface area (Å²) in [5, 5.41) is 9.47. The Morgan fingerprint density at radius 2 is 1.95 bits per heavy atom. The number of halogens is 2. The van der Waals surface area contributed by atoms with E-state index in [4.69, 9.17) is 5.11 Å². The second-order valence-corrected chi connectivity index (χ2v) is 6.00. The number of thiazole rings is 1. The molecule has 0 aliphatic rings. The number of fused-ring (bicyclic) bond motifs is 1. The van der Waals surface area contributed by atoms with Crippen LogP contribution in [0.1, 0.15) is 16.1 Å². The summed E-state index contributed by atoms with van der Waals surface area (Å²) in [7, 11) is 0. The third-order valence-electron chi connectivity index (χ3n) is 3.20. The van der Waals surface area contributed by atoms with Crippen molar-refractivity contribution in [1.29, 1.82) is 0 Å². The normalized spacial score (nSPS) is 11.0. The maximum Gasteiger partial charge on any atom is 0.307 e. The number of hydrogen-bond donors (Lipinski definition) is 1. The molecule has 0 unspecified atom stereocenters. The van der Waals surface area contributed by atoms with Crippen molar-refractivity contribution in [3.63, 3.8) is 0 Å². The number of carboxylic acid groups (broad SMARTS) is 1. The first kappa shape index (κ1) is 14.6. The summed E-state index contributed by atoms with van der Waals surface area (Å²) < 4.78 is 27.4. The third-order valence-corrected chi connectivity index (χ3v) is 4.22. The predicted molar refractivity (Wildman–Crippen MR) is 80.1 cm³/mol. The van der Waals surface area contributed by atoms with Crippen LogP contribution in [-0.4, -0.2) is 16.1 Å². The minimum absolute atomic E-state index is 0.0432. The molecule has 0 bridgehead atoms. The Morgan fingerprint density at radius 3 is 2.73 bits per heavy atom. The minimum Gasteiger partial charge on any atom is -0.481 e. The van der Waals surface area contributed by atoms with Crippen molar-refractivity contribution in [2.75, 3.05) is 0 Å². The maximum atomic E-state index is 13.7. The van der Waals surface area contributed by atoms with Crippen molar-refractivity contribution >= 4 is 27.5 Å². The maximum absolute atomic E-state index is 13.7. The molecule has 0 spiro atoms. The molecule has 1 heterocycles. The van der Waals surface area contributed by atoms with Gasteiger partial charge in [0.15, 0.2) is 11.6 Å². The highest BCUT2D eigenvalue weighted by Crippen LogP contribution is 2.27. The van der Waals surface area contributed by atoms with E-state index < -0.39 is 17.6 Å². The van der Waals surface area contributed by atoms with Crippen LogP contribution in [0.4, 0.5) is 8.78 Å². The molecule has 3 rings (SSSR count). The lowest BCUT2D eigenvalue weighted by Crippen LogP contribution is -2.00. The molecule has 0 saturated carbocycles. The van der Waals surface area contributed by atoms with Gasteiger partial charge in [0.2, 0.25) is 0 Å². The molecule has 0 atom stereocenters. The second-order valence-electron chi connectivity index (χ2n) is 4.88. The molecule has 0 amide bonds. The fraction of sp³-hybridized carbons (Fsp3) is 0.125. The van der Waals surface area contributed by atoms with E-state index in [0.717, 1.165) is 11.6 Å². The average Bonchev–Trinajstić information content (AvgIpc) is 2.86. The number of aromatic nitrogens is 1.